The molecular weight excluding hydrogens is 132 g/mol. The molecule has 11 heavy (non-hydrogen) atoms. The first-order chi connectivity index (χ1) is 5.29. The maximum Gasteiger partial charge on any atom is -0.0317 e. The quantitative estimate of drug-likeness (QED) is 0.465. The maximum absolute atomic E-state index is 2.44. The lowest BCUT2D eigenvalue weighted by atomic mass is 9.82. The SMILES string of the molecule is C[C@@H]1[C@H](C)CC2CC=CC[C@@H]21. The first kappa shape index (κ1) is 7.39. The van der Waals surface area contributed by atoms with E-state index in [4.69, 9.17) is 0 Å². The van der Waals surface area contributed by atoms with Gasteiger partial charge in [-0.05, 0) is 42.9 Å². The molecular formula is C11H18. The van der Waals surface area contributed by atoms with Gasteiger partial charge in [0.25, 0.3) is 0 Å². The van der Waals surface area contributed by atoms with E-state index in [0.717, 1.165) is 23.7 Å². The van der Waals surface area contributed by atoms with Crippen molar-refractivity contribution in [1.29, 1.82) is 0 Å². The van der Waals surface area contributed by atoms with Crippen molar-refractivity contribution >= 4 is 0 Å². The molecule has 62 valence electrons. The van der Waals surface area contributed by atoms with E-state index >= 15 is 0 Å². The summed E-state index contributed by atoms with van der Waals surface area (Å²) in [6.07, 6.45) is 8.97. The van der Waals surface area contributed by atoms with Crippen molar-refractivity contribution in [2.24, 2.45) is 23.7 Å². The molecule has 0 N–H and O–H groups in total. The predicted octanol–water partition coefficient (Wildman–Crippen LogP) is 3.24. The third-order valence-corrected chi connectivity index (χ3v) is 3.87. The van der Waals surface area contributed by atoms with Gasteiger partial charge in [0.2, 0.25) is 0 Å². The lowest BCUT2D eigenvalue weighted by molar-refractivity contribution is 0.305. The lowest BCUT2D eigenvalue weighted by Crippen LogP contribution is -2.15. The molecule has 1 fully saturated rings. The molecule has 4 atom stereocenters. The molecule has 0 saturated heterocycles. The average molecular weight is 150 g/mol. The molecule has 2 rings (SSSR count). The Hall–Kier alpha value is -0.260. The molecule has 0 aromatic rings. The van der Waals surface area contributed by atoms with E-state index in [1.807, 2.05) is 0 Å². The van der Waals surface area contributed by atoms with Gasteiger partial charge in [0, 0.05) is 0 Å². The Morgan fingerprint density at radius 1 is 1.09 bits per heavy atom. The van der Waals surface area contributed by atoms with Gasteiger partial charge in [-0.2, -0.15) is 0 Å². The number of hydrogen-bond donors (Lipinski definition) is 0. The summed E-state index contributed by atoms with van der Waals surface area (Å²) in [5.41, 5.74) is 0. The monoisotopic (exact) mass is 150 g/mol. The van der Waals surface area contributed by atoms with E-state index < -0.39 is 0 Å². The Labute approximate surface area is 69.7 Å². The summed E-state index contributed by atoms with van der Waals surface area (Å²) in [4.78, 5) is 0. The van der Waals surface area contributed by atoms with Crippen LogP contribution in [0.2, 0.25) is 0 Å². The molecule has 2 aliphatic carbocycles. The van der Waals surface area contributed by atoms with Crippen molar-refractivity contribution in [1.82, 2.24) is 0 Å². The molecule has 0 heterocycles. The highest BCUT2D eigenvalue weighted by Crippen LogP contribution is 2.46. The molecule has 0 heteroatoms. The first-order valence-electron chi connectivity index (χ1n) is 4.94. The molecule has 1 saturated carbocycles. The third-order valence-electron chi connectivity index (χ3n) is 3.87. The molecule has 1 unspecified atom stereocenters. The second kappa shape index (κ2) is 2.66. The molecule has 0 aromatic heterocycles. The normalized spacial score (nSPS) is 49.3. The summed E-state index contributed by atoms with van der Waals surface area (Å²) >= 11 is 0. The van der Waals surface area contributed by atoms with Crippen LogP contribution in [0.3, 0.4) is 0 Å². The minimum absolute atomic E-state index is 0.977. The van der Waals surface area contributed by atoms with Crippen LogP contribution >= 0.6 is 0 Å². The molecule has 0 radical (unpaired) electrons. The summed E-state index contributed by atoms with van der Waals surface area (Å²) < 4.78 is 0. The van der Waals surface area contributed by atoms with Crippen LogP contribution in [0, 0.1) is 23.7 Å². The van der Waals surface area contributed by atoms with E-state index in [1.54, 1.807) is 0 Å². The fourth-order valence-electron chi connectivity index (χ4n) is 2.92. The first-order valence-corrected chi connectivity index (χ1v) is 4.94. The van der Waals surface area contributed by atoms with Crippen molar-refractivity contribution in [2.45, 2.75) is 33.1 Å². The highest BCUT2D eigenvalue weighted by Gasteiger charge is 2.37. The molecule has 0 spiro atoms. The standard InChI is InChI=1S/C11H18/c1-8-7-10-5-3-4-6-11(10)9(8)2/h3-4,8-11H,5-7H2,1-2H3/t8-,9-,10?,11-/m1/s1. The third kappa shape index (κ3) is 1.13. The minimum Gasteiger partial charge on any atom is -0.0882 e. The zero-order valence-corrected chi connectivity index (χ0v) is 7.59. The van der Waals surface area contributed by atoms with E-state index in [1.165, 1.54) is 19.3 Å². The smallest absolute Gasteiger partial charge is 0.0317 e. The summed E-state index contributed by atoms with van der Waals surface area (Å²) in [5.74, 6) is 4.01. The van der Waals surface area contributed by atoms with E-state index in [-0.39, 0.29) is 0 Å². The fourth-order valence-corrected chi connectivity index (χ4v) is 2.92. The van der Waals surface area contributed by atoms with Gasteiger partial charge >= 0.3 is 0 Å². The number of fused-ring (bicyclic) bond motifs is 1. The molecule has 2 aliphatic rings. The van der Waals surface area contributed by atoms with Crippen LogP contribution in [0.4, 0.5) is 0 Å². The van der Waals surface area contributed by atoms with E-state index in [0.29, 0.717) is 0 Å². The summed E-state index contributed by atoms with van der Waals surface area (Å²) in [6.45, 7) is 4.86. The molecule has 0 nitrogen and oxygen atoms in total. The zero-order chi connectivity index (χ0) is 7.84. The zero-order valence-electron chi connectivity index (χ0n) is 7.59. The van der Waals surface area contributed by atoms with Gasteiger partial charge in [-0.3, -0.25) is 0 Å². The second-order valence-electron chi connectivity index (χ2n) is 4.44. The highest BCUT2D eigenvalue weighted by atomic mass is 14.4. The number of rotatable bonds is 0. The maximum atomic E-state index is 2.44. The Kier molecular flexibility index (Phi) is 1.78. The van der Waals surface area contributed by atoms with Crippen molar-refractivity contribution in [3.63, 3.8) is 0 Å². The summed E-state index contributed by atoms with van der Waals surface area (Å²) in [6, 6.07) is 0. The van der Waals surface area contributed by atoms with Crippen LogP contribution in [0.15, 0.2) is 12.2 Å². The van der Waals surface area contributed by atoms with E-state index in [9.17, 15) is 0 Å². The van der Waals surface area contributed by atoms with Crippen LogP contribution < -0.4 is 0 Å². The lowest BCUT2D eigenvalue weighted by Gasteiger charge is -2.24. The van der Waals surface area contributed by atoms with Gasteiger partial charge in [-0.1, -0.05) is 26.0 Å². The number of allylic oxidation sites excluding steroid dienone is 2. The van der Waals surface area contributed by atoms with Crippen molar-refractivity contribution in [3.8, 4) is 0 Å². The van der Waals surface area contributed by atoms with Gasteiger partial charge in [0.1, 0.15) is 0 Å². The van der Waals surface area contributed by atoms with Crippen LogP contribution in [0.25, 0.3) is 0 Å². The van der Waals surface area contributed by atoms with Gasteiger partial charge in [-0.25, -0.2) is 0 Å². The molecule has 0 amide bonds. The molecule has 0 bridgehead atoms. The van der Waals surface area contributed by atoms with Gasteiger partial charge in [0.15, 0.2) is 0 Å². The highest BCUT2D eigenvalue weighted by molar-refractivity contribution is 5.00. The predicted molar refractivity (Wildman–Crippen MR) is 48.3 cm³/mol. The fraction of sp³-hybridized carbons (Fsp3) is 0.818. The topological polar surface area (TPSA) is 0 Å². The average Bonchev–Trinajstić information content (AvgIpc) is 2.30. The number of hydrogen-bond acceptors (Lipinski definition) is 0. The van der Waals surface area contributed by atoms with Gasteiger partial charge in [0.05, 0.1) is 0 Å². The van der Waals surface area contributed by atoms with Crippen molar-refractivity contribution < 1.29 is 0 Å². The van der Waals surface area contributed by atoms with Crippen molar-refractivity contribution in [3.05, 3.63) is 12.2 Å². The molecule has 0 aliphatic heterocycles. The summed E-state index contributed by atoms with van der Waals surface area (Å²) in [7, 11) is 0. The van der Waals surface area contributed by atoms with Gasteiger partial charge < -0.3 is 0 Å². The summed E-state index contributed by atoms with van der Waals surface area (Å²) in [5, 5.41) is 0. The van der Waals surface area contributed by atoms with Gasteiger partial charge in [-0.15, -0.1) is 0 Å². The Morgan fingerprint density at radius 3 is 2.55 bits per heavy atom. The Morgan fingerprint density at radius 2 is 1.82 bits per heavy atom. The van der Waals surface area contributed by atoms with Crippen LogP contribution in [0.5, 0.6) is 0 Å². The second-order valence-corrected chi connectivity index (χ2v) is 4.44. The van der Waals surface area contributed by atoms with Crippen LogP contribution in [0.1, 0.15) is 33.1 Å². The molecule has 0 aromatic carbocycles. The van der Waals surface area contributed by atoms with Crippen molar-refractivity contribution in [2.75, 3.05) is 0 Å². The minimum atomic E-state index is 0.977. The van der Waals surface area contributed by atoms with Crippen LogP contribution in [-0.4, -0.2) is 0 Å². The Balaban J connectivity index is 2.12. The van der Waals surface area contributed by atoms with Crippen LogP contribution in [-0.2, 0) is 0 Å². The largest absolute Gasteiger partial charge is 0.0882 e. The Bertz CT molecular complexity index is 169. The van der Waals surface area contributed by atoms with E-state index in [2.05, 4.69) is 26.0 Å².